The van der Waals surface area contributed by atoms with Crippen LogP contribution >= 0.6 is 0 Å². The number of hydrogen-bond acceptors (Lipinski definition) is 6. The van der Waals surface area contributed by atoms with Gasteiger partial charge in [-0.15, -0.1) is 0 Å². The summed E-state index contributed by atoms with van der Waals surface area (Å²) in [5.41, 5.74) is 3.71. The van der Waals surface area contributed by atoms with Gasteiger partial charge in [-0.05, 0) is 26.7 Å². The lowest BCUT2D eigenvalue weighted by molar-refractivity contribution is 0.682. The van der Waals surface area contributed by atoms with E-state index in [-0.39, 0.29) is 6.04 Å². The Kier molecular flexibility index (Phi) is 3.68. The summed E-state index contributed by atoms with van der Waals surface area (Å²) in [5.74, 6) is 1.71. The quantitative estimate of drug-likeness (QED) is 0.798. The summed E-state index contributed by atoms with van der Waals surface area (Å²) < 4.78 is 0. The second-order valence-electron chi connectivity index (χ2n) is 6.11. The third-order valence-corrected chi connectivity index (χ3v) is 4.30. The summed E-state index contributed by atoms with van der Waals surface area (Å²) in [6, 6.07) is 2.23. The van der Waals surface area contributed by atoms with Gasteiger partial charge >= 0.3 is 0 Å². The van der Waals surface area contributed by atoms with Gasteiger partial charge < -0.3 is 9.88 Å². The molecule has 0 amide bonds. The number of rotatable bonds is 3. The van der Waals surface area contributed by atoms with Gasteiger partial charge in [0.25, 0.3) is 0 Å². The molecule has 0 spiro atoms. The molecule has 0 aromatic carbocycles. The molecule has 7 nitrogen and oxygen atoms in total. The largest absolute Gasteiger partial charge is 0.348 e. The molecule has 4 rings (SSSR count). The summed E-state index contributed by atoms with van der Waals surface area (Å²) >= 11 is 0. The first-order valence-corrected chi connectivity index (χ1v) is 8.10. The van der Waals surface area contributed by atoms with Crippen molar-refractivity contribution in [1.29, 1.82) is 0 Å². The minimum absolute atomic E-state index is 0.208. The van der Waals surface area contributed by atoms with Crippen molar-refractivity contribution in [3.8, 4) is 11.5 Å². The number of nitrogens with zero attached hydrogens (tertiary/aromatic N) is 6. The van der Waals surface area contributed by atoms with Gasteiger partial charge in [0.1, 0.15) is 17.8 Å². The molecule has 0 bridgehead atoms. The van der Waals surface area contributed by atoms with Crippen LogP contribution in [0.15, 0.2) is 31.0 Å². The lowest BCUT2D eigenvalue weighted by Crippen LogP contribution is -2.24. The maximum Gasteiger partial charge on any atom is 0.157 e. The highest BCUT2D eigenvalue weighted by atomic mass is 15.2. The minimum atomic E-state index is 0.208. The van der Waals surface area contributed by atoms with Crippen molar-refractivity contribution in [2.45, 2.75) is 32.7 Å². The molecule has 1 N–H and O–H groups in total. The Hall–Kier alpha value is -2.83. The molecular weight excluding hydrogens is 302 g/mol. The highest BCUT2D eigenvalue weighted by Gasteiger charge is 2.28. The summed E-state index contributed by atoms with van der Waals surface area (Å²) in [6.45, 7) is 4.93. The van der Waals surface area contributed by atoms with Gasteiger partial charge in [-0.25, -0.2) is 19.9 Å². The Balaban J connectivity index is 1.60. The molecule has 24 heavy (non-hydrogen) atoms. The van der Waals surface area contributed by atoms with Crippen LogP contribution in [-0.2, 0) is 0 Å². The lowest BCUT2D eigenvalue weighted by atomic mass is 10.1. The number of anilines is 1. The minimum Gasteiger partial charge on any atom is -0.348 e. The van der Waals surface area contributed by atoms with E-state index in [2.05, 4.69) is 34.8 Å². The smallest absolute Gasteiger partial charge is 0.157 e. The van der Waals surface area contributed by atoms with E-state index < -0.39 is 0 Å². The second kappa shape index (κ2) is 5.99. The number of hydrogen-bond donors (Lipinski definition) is 1. The van der Waals surface area contributed by atoms with E-state index in [0.717, 1.165) is 53.8 Å². The summed E-state index contributed by atoms with van der Waals surface area (Å²) in [7, 11) is 0. The Morgan fingerprint density at radius 1 is 1.04 bits per heavy atom. The van der Waals surface area contributed by atoms with Gasteiger partial charge in [0.15, 0.2) is 5.82 Å². The number of H-pyrrole nitrogens is 1. The molecule has 3 aromatic rings. The molecule has 0 radical (unpaired) electrons. The fourth-order valence-electron chi connectivity index (χ4n) is 3.12. The van der Waals surface area contributed by atoms with Crippen LogP contribution in [0.1, 0.15) is 36.0 Å². The van der Waals surface area contributed by atoms with Gasteiger partial charge in [0.05, 0.1) is 24.1 Å². The molecule has 0 aliphatic carbocycles. The first-order valence-electron chi connectivity index (χ1n) is 8.10. The zero-order valence-electron chi connectivity index (χ0n) is 13.8. The molecular formula is C17H19N7. The highest BCUT2D eigenvalue weighted by molar-refractivity contribution is 5.48. The van der Waals surface area contributed by atoms with Crippen LogP contribution < -0.4 is 4.90 Å². The van der Waals surface area contributed by atoms with Crippen molar-refractivity contribution in [1.82, 2.24) is 29.9 Å². The first kappa shape index (κ1) is 14.7. The molecule has 1 saturated heterocycles. The number of aryl methyl sites for hydroxylation is 2. The monoisotopic (exact) mass is 321 g/mol. The van der Waals surface area contributed by atoms with E-state index in [4.69, 9.17) is 0 Å². The Labute approximate surface area is 140 Å². The standard InChI is InChI=1S/C17H19N7/c1-11-6-16(22-10-21-11)24-5-3-4-15(24)13-8-19-14(9-18-13)17-20-7-12(2)23-17/h6-10,15H,3-5H2,1-2H3,(H,20,23)/t15-/m0/s1. The molecule has 1 aliphatic rings. The van der Waals surface area contributed by atoms with Crippen molar-refractivity contribution < 1.29 is 0 Å². The number of nitrogens with one attached hydrogen (secondary N) is 1. The van der Waals surface area contributed by atoms with Crippen LogP contribution in [0.3, 0.4) is 0 Å². The SMILES string of the molecule is Cc1cc(N2CCC[C@H]2c2cnc(-c3ncc(C)[nH]3)cn2)ncn1. The molecule has 1 atom stereocenters. The molecule has 1 fully saturated rings. The zero-order chi connectivity index (χ0) is 16.5. The molecule has 0 saturated carbocycles. The predicted octanol–water partition coefficient (Wildman–Crippen LogP) is 2.62. The van der Waals surface area contributed by atoms with Gasteiger partial charge in [0, 0.05) is 30.2 Å². The normalized spacial score (nSPS) is 17.4. The third kappa shape index (κ3) is 2.73. The summed E-state index contributed by atoms with van der Waals surface area (Å²) in [6.07, 6.45) is 9.22. The Bertz CT molecular complexity index is 840. The maximum absolute atomic E-state index is 4.64. The van der Waals surface area contributed by atoms with E-state index in [9.17, 15) is 0 Å². The molecule has 3 aromatic heterocycles. The third-order valence-electron chi connectivity index (χ3n) is 4.30. The van der Waals surface area contributed by atoms with Crippen molar-refractivity contribution in [3.05, 3.63) is 48.1 Å². The molecule has 0 unspecified atom stereocenters. The summed E-state index contributed by atoms with van der Waals surface area (Å²) in [5, 5.41) is 0. The van der Waals surface area contributed by atoms with Crippen LogP contribution in [0.4, 0.5) is 5.82 Å². The Morgan fingerprint density at radius 3 is 2.67 bits per heavy atom. The van der Waals surface area contributed by atoms with Crippen LogP contribution in [0.2, 0.25) is 0 Å². The summed E-state index contributed by atoms with van der Waals surface area (Å²) in [4.78, 5) is 27.5. The lowest BCUT2D eigenvalue weighted by Gasteiger charge is -2.25. The van der Waals surface area contributed by atoms with E-state index >= 15 is 0 Å². The van der Waals surface area contributed by atoms with E-state index in [0.29, 0.717) is 0 Å². The van der Waals surface area contributed by atoms with Crippen LogP contribution in [0.5, 0.6) is 0 Å². The van der Waals surface area contributed by atoms with Crippen molar-refractivity contribution in [2.24, 2.45) is 0 Å². The van der Waals surface area contributed by atoms with E-state index in [1.807, 2.05) is 26.1 Å². The molecule has 1 aliphatic heterocycles. The molecule has 7 heteroatoms. The number of aromatic amines is 1. The van der Waals surface area contributed by atoms with E-state index in [1.54, 1.807) is 18.7 Å². The fraction of sp³-hybridized carbons (Fsp3) is 0.353. The van der Waals surface area contributed by atoms with Crippen molar-refractivity contribution in [2.75, 3.05) is 11.4 Å². The van der Waals surface area contributed by atoms with Gasteiger partial charge in [-0.2, -0.15) is 0 Å². The van der Waals surface area contributed by atoms with Crippen LogP contribution in [0, 0.1) is 13.8 Å². The average molecular weight is 321 g/mol. The van der Waals surface area contributed by atoms with Gasteiger partial charge in [-0.1, -0.05) is 0 Å². The first-order chi connectivity index (χ1) is 11.7. The van der Waals surface area contributed by atoms with Gasteiger partial charge in [-0.3, -0.25) is 4.98 Å². The number of aromatic nitrogens is 6. The van der Waals surface area contributed by atoms with E-state index in [1.165, 1.54) is 0 Å². The highest BCUT2D eigenvalue weighted by Crippen LogP contribution is 2.34. The predicted molar refractivity (Wildman–Crippen MR) is 90.4 cm³/mol. The van der Waals surface area contributed by atoms with Gasteiger partial charge in [0.2, 0.25) is 0 Å². The van der Waals surface area contributed by atoms with Crippen molar-refractivity contribution >= 4 is 5.82 Å². The molecule has 122 valence electrons. The topological polar surface area (TPSA) is 83.5 Å². The van der Waals surface area contributed by atoms with Crippen LogP contribution in [0.25, 0.3) is 11.5 Å². The molecule has 4 heterocycles. The fourth-order valence-corrected chi connectivity index (χ4v) is 3.12. The zero-order valence-corrected chi connectivity index (χ0v) is 13.8. The average Bonchev–Trinajstić information content (AvgIpc) is 3.24. The number of imidazole rings is 1. The van der Waals surface area contributed by atoms with Crippen LogP contribution in [-0.4, -0.2) is 36.4 Å². The van der Waals surface area contributed by atoms with Crippen molar-refractivity contribution in [3.63, 3.8) is 0 Å². The maximum atomic E-state index is 4.64. The Morgan fingerprint density at radius 2 is 1.96 bits per heavy atom. The second-order valence-corrected chi connectivity index (χ2v) is 6.11.